The van der Waals surface area contributed by atoms with Crippen LogP contribution in [-0.2, 0) is 7.05 Å². The predicted molar refractivity (Wildman–Crippen MR) is 79.5 cm³/mol. The van der Waals surface area contributed by atoms with Gasteiger partial charge < -0.3 is 11.1 Å². The number of rotatable bonds is 2. The quantitative estimate of drug-likeness (QED) is 0.880. The van der Waals surface area contributed by atoms with E-state index in [1.54, 1.807) is 13.1 Å². The standard InChI is InChI=1S/C12H12BrClN4O/c1-6-3-7(13)10(4-8(6)14)17-12(19)11-9(15)5-16-18(11)2/h3-5H,15H2,1-2H3,(H,17,19). The third-order valence-electron chi connectivity index (χ3n) is 2.68. The molecule has 1 aromatic heterocycles. The van der Waals surface area contributed by atoms with Crippen LogP contribution in [0.25, 0.3) is 0 Å². The fourth-order valence-electron chi connectivity index (χ4n) is 1.66. The molecule has 0 bridgehead atoms. The van der Waals surface area contributed by atoms with Gasteiger partial charge in [0.15, 0.2) is 0 Å². The average molecular weight is 344 g/mol. The molecular formula is C12H12BrClN4O. The largest absolute Gasteiger partial charge is 0.396 e. The summed E-state index contributed by atoms with van der Waals surface area (Å²) in [4.78, 5) is 12.1. The van der Waals surface area contributed by atoms with Crippen molar-refractivity contribution in [2.45, 2.75) is 6.92 Å². The van der Waals surface area contributed by atoms with Crippen LogP contribution in [0.15, 0.2) is 22.8 Å². The van der Waals surface area contributed by atoms with Gasteiger partial charge in [0.05, 0.1) is 17.6 Å². The van der Waals surface area contributed by atoms with E-state index >= 15 is 0 Å². The van der Waals surface area contributed by atoms with Crippen molar-refractivity contribution in [2.75, 3.05) is 11.1 Å². The van der Waals surface area contributed by atoms with Crippen LogP contribution in [0, 0.1) is 6.92 Å². The van der Waals surface area contributed by atoms with Crippen molar-refractivity contribution in [3.8, 4) is 0 Å². The van der Waals surface area contributed by atoms with Crippen molar-refractivity contribution < 1.29 is 4.79 Å². The molecule has 1 amide bonds. The van der Waals surface area contributed by atoms with Crippen LogP contribution in [0.3, 0.4) is 0 Å². The fraction of sp³-hybridized carbons (Fsp3) is 0.167. The van der Waals surface area contributed by atoms with Crippen molar-refractivity contribution in [3.05, 3.63) is 39.1 Å². The Bertz CT molecular complexity index is 634. The van der Waals surface area contributed by atoms with E-state index in [-0.39, 0.29) is 5.91 Å². The van der Waals surface area contributed by atoms with Crippen LogP contribution in [0.1, 0.15) is 16.1 Å². The Morgan fingerprint density at radius 3 is 2.79 bits per heavy atom. The lowest BCUT2D eigenvalue weighted by atomic mass is 10.2. The van der Waals surface area contributed by atoms with Gasteiger partial charge in [-0.25, -0.2) is 0 Å². The van der Waals surface area contributed by atoms with E-state index in [1.807, 2.05) is 13.0 Å². The number of nitrogens with one attached hydrogen (secondary N) is 1. The first kappa shape index (κ1) is 13.9. The number of amides is 1. The third kappa shape index (κ3) is 2.74. The third-order valence-corrected chi connectivity index (χ3v) is 3.74. The summed E-state index contributed by atoms with van der Waals surface area (Å²) in [5, 5.41) is 7.26. The van der Waals surface area contributed by atoms with Crippen molar-refractivity contribution >= 4 is 44.8 Å². The summed E-state index contributed by atoms with van der Waals surface area (Å²) >= 11 is 9.43. The monoisotopic (exact) mass is 342 g/mol. The topological polar surface area (TPSA) is 72.9 Å². The van der Waals surface area contributed by atoms with Crippen molar-refractivity contribution in [3.63, 3.8) is 0 Å². The predicted octanol–water partition coefficient (Wildman–Crippen LogP) is 2.98. The van der Waals surface area contributed by atoms with E-state index in [4.69, 9.17) is 17.3 Å². The number of nitrogens with two attached hydrogens (primary N) is 1. The molecule has 1 heterocycles. The van der Waals surface area contributed by atoms with Crippen molar-refractivity contribution in [2.24, 2.45) is 7.05 Å². The van der Waals surface area contributed by atoms with Gasteiger partial charge in [0.1, 0.15) is 5.69 Å². The van der Waals surface area contributed by atoms with E-state index in [0.29, 0.717) is 22.1 Å². The Morgan fingerprint density at radius 1 is 1.53 bits per heavy atom. The summed E-state index contributed by atoms with van der Waals surface area (Å²) in [6.07, 6.45) is 1.44. The molecule has 0 spiro atoms. The van der Waals surface area contributed by atoms with Crippen LogP contribution >= 0.6 is 27.5 Å². The van der Waals surface area contributed by atoms with E-state index in [9.17, 15) is 4.79 Å². The Kier molecular flexibility index (Phi) is 3.82. The number of nitrogens with zero attached hydrogens (tertiary/aromatic N) is 2. The molecule has 0 fully saturated rings. The molecule has 1 aromatic carbocycles. The second-order valence-corrected chi connectivity index (χ2v) is 5.37. The van der Waals surface area contributed by atoms with E-state index in [2.05, 4.69) is 26.3 Å². The number of anilines is 2. The highest BCUT2D eigenvalue weighted by molar-refractivity contribution is 9.10. The van der Waals surface area contributed by atoms with Gasteiger partial charge in [-0.15, -0.1) is 0 Å². The molecule has 0 radical (unpaired) electrons. The fourth-order valence-corrected chi connectivity index (χ4v) is 2.38. The molecule has 0 saturated carbocycles. The highest BCUT2D eigenvalue weighted by atomic mass is 79.9. The summed E-state index contributed by atoms with van der Waals surface area (Å²) in [5.74, 6) is -0.335. The van der Waals surface area contributed by atoms with Gasteiger partial charge in [0, 0.05) is 16.5 Å². The molecular weight excluding hydrogens is 332 g/mol. The van der Waals surface area contributed by atoms with Crippen LogP contribution < -0.4 is 11.1 Å². The Hall–Kier alpha value is -1.53. The van der Waals surface area contributed by atoms with Crippen LogP contribution in [0.2, 0.25) is 5.02 Å². The van der Waals surface area contributed by atoms with Gasteiger partial charge in [-0.2, -0.15) is 5.10 Å². The lowest BCUT2D eigenvalue weighted by molar-refractivity contribution is 0.101. The van der Waals surface area contributed by atoms with E-state index in [0.717, 1.165) is 10.0 Å². The molecule has 19 heavy (non-hydrogen) atoms. The maximum absolute atomic E-state index is 12.1. The van der Waals surface area contributed by atoms with Gasteiger partial charge in [0.2, 0.25) is 0 Å². The van der Waals surface area contributed by atoms with Gasteiger partial charge >= 0.3 is 0 Å². The zero-order valence-electron chi connectivity index (χ0n) is 10.4. The molecule has 2 aromatic rings. The number of carbonyl (C=O) groups is 1. The maximum Gasteiger partial charge on any atom is 0.276 e. The molecule has 0 aliphatic rings. The first-order chi connectivity index (χ1) is 8.90. The number of benzene rings is 1. The summed E-state index contributed by atoms with van der Waals surface area (Å²) in [6.45, 7) is 1.89. The summed E-state index contributed by atoms with van der Waals surface area (Å²) < 4.78 is 2.18. The molecule has 100 valence electrons. The first-order valence-corrected chi connectivity index (χ1v) is 6.61. The van der Waals surface area contributed by atoms with Gasteiger partial charge in [0.25, 0.3) is 5.91 Å². The second-order valence-electron chi connectivity index (χ2n) is 4.11. The molecule has 5 nitrogen and oxygen atoms in total. The highest BCUT2D eigenvalue weighted by Crippen LogP contribution is 2.29. The number of nitrogen functional groups attached to an aromatic ring is 1. The van der Waals surface area contributed by atoms with Crippen LogP contribution in [0.5, 0.6) is 0 Å². The zero-order valence-corrected chi connectivity index (χ0v) is 12.7. The minimum Gasteiger partial charge on any atom is -0.396 e. The number of aromatic nitrogens is 2. The van der Waals surface area contributed by atoms with Crippen molar-refractivity contribution in [1.29, 1.82) is 0 Å². The molecule has 2 rings (SSSR count). The SMILES string of the molecule is Cc1cc(Br)c(NC(=O)c2c(N)cnn2C)cc1Cl. The summed E-state index contributed by atoms with van der Waals surface area (Å²) in [5.41, 5.74) is 7.85. The van der Waals surface area contributed by atoms with Gasteiger partial charge in [-0.05, 0) is 40.5 Å². The molecule has 0 saturated heterocycles. The summed E-state index contributed by atoms with van der Waals surface area (Å²) in [7, 11) is 1.66. The lowest BCUT2D eigenvalue weighted by Crippen LogP contribution is -2.18. The molecule has 0 unspecified atom stereocenters. The lowest BCUT2D eigenvalue weighted by Gasteiger charge is -2.10. The van der Waals surface area contributed by atoms with E-state index in [1.165, 1.54) is 10.9 Å². The molecule has 7 heteroatoms. The van der Waals surface area contributed by atoms with Crippen LogP contribution in [-0.4, -0.2) is 15.7 Å². The summed E-state index contributed by atoms with van der Waals surface area (Å²) in [6, 6.07) is 3.52. The second kappa shape index (κ2) is 5.22. The van der Waals surface area contributed by atoms with Crippen LogP contribution in [0.4, 0.5) is 11.4 Å². The Labute approximate surface area is 123 Å². The first-order valence-electron chi connectivity index (χ1n) is 5.44. The Balaban J connectivity index is 2.32. The molecule has 3 N–H and O–H groups in total. The molecule has 0 aliphatic heterocycles. The normalized spacial score (nSPS) is 10.5. The number of hydrogen-bond acceptors (Lipinski definition) is 3. The van der Waals surface area contributed by atoms with Crippen molar-refractivity contribution in [1.82, 2.24) is 9.78 Å². The number of carbonyl (C=O) groups excluding carboxylic acids is 1. The zero-order chi connectivity index (χ0) is 14.2. The van der Waals surface area contributed by atoms with Gasteiger partial charge in [-0.1, -0.05) is 11.6 Å². The highest BCUT2D eigenvalue weighted by Gasteiger charge is 2.16. The molecule has 0 aliphatic carbocycles. The molecule has 0 atom stereocenters. The van der Waals surface area contributed by atoms with Gasteiger partial charge in [-0.3, -0.25) is 9.48 Å². The minimum atomic E-state index is -0.335. The Morgan fingerprint density at radius 2 is 2.21 bits per heavy atom. The smallest absolute Gasteiger partial charge is 0.276 e. The maximum atomic E-state index is 12.1. The number of hydrogen-bond donors (Lipinski definition) is 2. The van der Waals surface area contributed by atoms with E-state index < -0.39 is 0 Å². The number of halogens is 2. The number of aryl methyl sites for hydroxylation is 2. The average Bonchev–Trinajstić information content (AvgIpc) is 2.66. The minimum absolute atomic E-state index is 0.309.